The SMILES string of the molecule is [CH2]c1ccc2cc([S+](C)[O-])ccc2c1. The molecule has 0 heterocycles. The summed E-state index contributed by atoms with van der Waals surface area (Å²) in [5.41, 5.74) is 1.00. The van der Waals surface area contributed by atoms with E-state index in [1.54, 1.807) is 6.26 Å². The molecule has 0 saturated heterocycles. The second kappa shape index (κ2) is 3.64. The van der Waals surface area contributed by atoms with Gasteiger partial charge in [0.1, 0.15) is 6.26 Å². The molecule has 0 aromatic heterocycles. The van der Waals surface area contributed by atoms with Crippen LogP contribution in [0.4, 0.5) is 0 Å². The molecule has 2 aromatic carbocycles. The Bertz CT molecular complexity index is 463. The molecule has 0 fully saturated rings. The predicted octanol–water partition coefficient (Wildman–Crippen LogP) is 2.76. The van der Waals surface area contributed by atoms with Crippen LogP contribution in [-0.4, -0.2) is 10.8 Å². The molecule has 1 nitrogen and oxygen atoms in total. The molecule has 0 aliphatic rings. The first-order chi connectivity index (χ1) is 6.66. The molecule has 1 atom stereocenters. The molecule has 2 aromatic rings. The summed E-state index contributed by atoms with van der Waals surface area (Å²) in [5.74, 6) is 0. The van der Waals surface area contributed by atoms with Crippen LogP contribution >= 0.6 is 0 Å². The topological polar surface area (TPSA) is 23.1 Å². The third-order valence-electron chi connectivity index (χ3n) is 2.21. The Morgan fingerprint density at radius 3 is 2.43 bits per heavy atom. The minimum absolute atomic E-state index is 0.870. The lowest BCUT2D eigenvalue weighted by molar-refractivity contribution is 0.601. The van der Waals surface area contributed by atoms with Crippen molar-refractivity contribution in [2.75, 3.05) is 6.26 Å². The van der Waals surface area contributed by atoms with Crippen molar-refractivity contribution in [3.8, 4) is 0 Å². The van der Waals surface area contributed by atoms with Crippen LogP contribution in [0.5, 0.6) is 0 Å². The van der Waals surface area contributed by atoms with Crippen molar-refractivity contribution in [2.45, 2.75) is 4.90 Å². The van der Waals surface area contributed by atoms with Gasteiger partial charge in [-0.25, -0.2) is 0 Å². The number of rotatable bonds is 1. The van der Waals surface area contributed by atoms with Crippen molar-refractivity contribution in [1.82, 2.24) is 0 Å². The predicted molar refractivity (Wildman–Crippen MR) is 60.7 cm³/mol. The maximum absolute atomic E-state index is 11.3. The lowest BCUT2D eigenvalue weighted by atomic mass is 10.1. The zero-order chi connectivity index (χ0) is 10.1. The summed E-state index contributed by atoms with van der Waals surface area (Å²) in [6.45, 7) is 3.87. The Labute approximate surface area is 86.9 Å². The van der Waals surface area contributed by atoms with E-state index in [0.29, 0.717) is 0 Å². The van der Waals surface area contributed by atoms with Gasteiger partial charge in [0.05, 0.1) is 0 Å². The Morgan fingerprint density at radius 2 is 1.71 bits per heavy atom. The van der Waals surface area contributed by atoms with Crippen molar-refractivity contribution in [1.29, 1.82) is 0 Å². The minimum Gasteiger partial charge on any atom is -0.612 e. The molecule has 0 bridgehead atoms. The van der Waals surface area contributed by atoms with Gasteiger partial charge in [0.15, 0.2) is 4.90 Å². The van der Waals surface area contributed by atoms with Gasteiger partial charge in [-0.15, -0.1) is 0 Å². The highest BCUT2D eigenvalue weighted by atomic mass is 32.2. The average Bonchev–Trinajstić information content (AvgIpc) is 2.16. The average molecular weight is 203 g/mol. The minimum atomic E-state index is -0.906. The van der Waals surface area contributed by atoms with Gasteiger partial charge in [0, 0.05) is 6.07 Å². The van der Waals surface area contributed by atoms with E-state index in [2.05, 4.69) is 6.92 Å². The largest absolute Gasteiger partial charge is 0.612 e. The molecule has 0 N–H and O–H groups in total. The molecule has 2 heteroatoms. The highest BCUT2D eigenvalue weighted by Crippen LogP contribution is 2.20. The van der Waals surface area contributed by atoms with Crippen molar-refractivity contribution in [3.63, 3.8) is 0 Å². The van der Waals surface area contributed by atoms with Crippen LogP contribution in [0.2, 0.25) is 0 Å². The molecule has 0 aliphatic heterocycles. The van der Waals surface area contributed by atoms with Crippen molar-refractivity contribution in [3.05, 3.63) is 48.9 Å². The molecule has 0 amide bonds. The van der Waals surface area contributed by atoms with Crippen LogP contribution in [0.25, 0.3) is 10.8 Å². The second-order valence-corrected chi connectivity index (χ2v) is 4.68. The molecule has 0 aliphatic carbocycles. The van der Waals surface area contributed by atoms with Crippen LogP contribution in [0.15, 0.2) is 41.3 Å². The van der Waals surface area contributed by atoms with Gasteiger partial charge in [0.25, 0.3) is 0 Å². The van der Waals surface area contributed by atoms with Crippen LogP contribution in [0, 0.1) is 6.92 Å². The quantitative estimate of drug-likeness (QED) is 0.653. The summed E-state index contributed by atoms with van der Waals surface area (Å²) in [6, 6.07) is 11.8. The van der Waals surface area contributed by atoms with Gasteiger partial charge in [-0.1, -0.05) is 18.2 Å². The second-order valence-electron chi connectivity index (χ2n) is 3.30. The van der Waals surface area contributed by atoms with Crippen LogP contribution < -0.4 is 0 Å². The Morgan fingerprint density at radius 1 is 1.07 bits per heavy atom. The van der Waals surface area contributed by atoms with Gasteiger partial charge in [-0.05, 0) is 46.6 Å². The van der Waals surface area contributed by atoms with E-state index < -0.39 is 11.2 Å². The molecular weight excluding hydrogens is 192 g/mol. The van der Waals surface area contributed by atoms with E-state index in [-0.39, 0.29) is 0 Å². The first-order valence-corrected chi connectivity index (χ1v) is 5.92. The standard InChI is InChI=1S/C12H11OS/c1-9-3-4-11-8-12(14(2)13)6-5-10(11)7-9/h3-8H,1H2,2H3. The van der Waals surface area contributed by atoms with Gasteiger partial charge in [0.2, 0.25) is 0 Å². The van der Waals surface area contributed by atoms with E-state index in [0.717, 1.165) is 21.2 Å². The lowest BCUT2D eigenvalue weighted by Gasteiger charge is -2.05. The Balaban J connectivity index is 2.62. The summed E-state index contributed by atoms with van der Waals surface area (Å²) in [4.78, 5) is 0.870. The fourth-order valence-corrected chi connectivity index (χ4v) is 2.00. The van der Waals surface area contributed by atoms with Gasteiger partial charge >= 0.3 is 0 Å². The molecule has 14 heavy (non-hydrogen) atoms. The lowest BCUT2D eigenvalue weighted by Crippen LogP contribution is -1.96. The highest BCUT2D eigenvalue weighted by molar-refractivity contribution is 7.90. The smallest absolute Gasteiger partial charge is 0.153 e. The van der Waals surface area contributed by atoms with E-state index in [1.807, 2.05) is 36.4 Å². The van der Waals surface area contributed by atoms with Gasteiger partial charge in [-0.2, -0.15) is 0 Å². The fourth-order valence-electron chi connectivity index (χ4n) is 1.45. The summed E-state index contributed by atoms with van der Waals surface area (Å²) in [6.07, 6.45) is 1.69. The number of hydrogen-bond acceptors (Lipinski definition) is 1. The fraction of sp³-hybridized carbons (Fsp3) is 0.0833. The molecule has 0 spiro atoms. The molecular formula is C12H11OS. The zero-order valence-corrected chi connectivity index (χ0v) is 8.80. The molecule has 71 valence electrons. The number of hydrogen-bond donors (Lipinski definition) is 0. The van der Waals surface area contributed by atoms with Crippen molar-refractivity contribution >= 4 is 21.9 Å². The van der Waals surface area contributed by atoms with E-state index in [1.165, 1.54) is 0 Å². The van der Waals surface area contributed by atoms with Crippen LogP contribution in [-0.2, 0) is 11.2 Å². The summed E-state index contributed by atoms with van der Waals surface area (Å²) < 4.78 is 11.3. The monoisotopic (exact) mass is 203 g/mol. The van der Waals surface area contributed by atoms with Gasteiger partial charge < -0.3 is 4.55 Å². The third-order valence-corrected chi connectivity index (χ3v) is 3.13. The van der Waals surface area contributed by atoms with Crippen LogP contribution in [0.3, 0.4) is 0 Å². The van der Waals surface area contributed by atoms with E-state index in [4.69, 9.17) is 0 Å². The first-order valence-electron chi connectivity index (χ1n) is 4.36. The van der Waals surface area contributed by atoms with Crippen molar-refractivity contribution in [2.24, 2.45) is 0 Å². The molecule has 1 radical (unpaired) electrons. The summed E-state index contributed by atoms with van der Waals surface area (Å²) in [7, 11) is 0. The number of fused-ring (bicyclic) bond motifs is 1. The van der Waals surface area contributed by atoms with Crippen molar-refractivity contribution < 1.29 is 4.55 Å². The van der Waals surface area contributed by atoms with Gasteiger partial charge in [-0.3, -0.25) is 0 Å². The highest BCUT2D eigenvalue weighted by Gasteiger charge is 2.04. The number of benzene rings is 2. The molecule has 0 saturated carbocycles. The maximum atomic E-state index is 11.3. The first kappa shape index (κ1) is 9.56. The Kier molecular flexibility index (Phi) is 2.48. The Hall–Kier alpha value is -0.990. The summed E-state index contributed by atoms with van der Waals surface area (Å²) >= 11 is -0.906. The normalized spacial score (nSPS) is 13.1. The third kappa shape index (κ3) is 1.76. The summed E-state index contributed by atoms with van der Waals surface area (Å²) in [5, 5.41) is 2.26. The maximum Gasteiger partial charge on any atom is 0.153 e. The van der Waals surface area contributed by atoms with E-state index in [9.17, 15) is 4.55 Å². The van der Waals surface area contributed by atoms with Crippen LogP contribution in [0.1, 0.15) is 5.56 Å². The molecule has 1 unspecified atom stereocenters. The molecule has 2 rings (SSSR count). The zero-order valence-electron chi connectivity index (χ0n) is 7.99. The van der Waals surface area contributed by atoms with E-state index >= 15 is 0 Å².